The largest absolute Gasteiger partial charge is 0.497 e. The number of benzene rings is 1. The number of nitrogens with zero attached hydrogens (tertiary/aromatic N) is 1. The number of methoxy groups -OCH3 is 1. The third kappa shape index (κ3) is 4.24. The summed E-state index contributed by atoms with van der Waals surface area (Å²) >= 11 is 0. The third-order valence-corrected chi connectivity index (χ3v) is 7.51. The van der Waals surface area contributed by atoms with E-state index in [4.69, 9.17) is 4.74 Å². The van der Waals surface area contributed by atoms with Gasteiger partial charge in [0.2, 0.25) is 10.0 Å². The summed E-state index contributed by atoms with van der Waals surface area (Å²) in [6.45, 7) is 4.13. The number of ether oxygens (including phenoxy) is 1. The van der Waals surface area contributed by atoms with Gasteiger partial charge in [0.15, 0.2) is 9.84 Å². The van der Waals surface area contributed by atoms with Crippen molar-refractivity contribution in [2.75, 3.05) is 25.2 Å². The van der Waals surface area contributed by atoms with Crippen LogP contribution in [0.3, 0.4) is 0 Å². The lowest BCUT2D eigenvalue weighted by Crippen LogP contribution is -2.43. The average molecular weight is 361 g/mol. The van der Waals surface area contributed by atoms with E-state index in [-0.39, 0.29) is 22.3 Å². The molecule has 23 heavy (non-hydrogen) atoms. The van der Waals surface area contributed by atoms with Crippen molar-refractivity contribution >= 4 is 19.9 Å². The Morgan fingerprint density at radius 1 is 1.26 bits per heavy atom. The number of rotatable bonds is 6. The molecule has 0 aliphatic carbocycles. The highest BCUT2D eigenvalue weighted by molar-refractivity contribution is 7.92. The molecule has 130 valence electrons. The van der Waals surface area contributed by atoms with Crippen molar-refractivity contribution < 1.29 is 21.6 Å². The fourth-order valence-electron chi connectivity index (χ4n) is 2.69. The fourth-order valence-corrected chi connectivity index (χ4v) is 6.33. The second kappa shape index (κ2) is 6.78. The summed E-state index contributed by atoms with van der Waals surface area (Å²) in [5.41, 5.74) is 0. The zero-order valence-corrected chi connectivity index (χ0v) is 15.2. The van der Waals surface area contributed by atoms with Crippen LogP contribution in [0.2, 0.25) is 0 Å². The van der Waals surface area contributed by atoms with Crippen LogP contribution in [0.1, 0.15) is 20.3 Å². The monoisotopic (exact) mass is 361 g/mol. The summed E-state index contributed by atoms with van der Waals surface area (Å²) in [4.78, 5) is 0.156. The number of hydrogen-bond donors (Lipinski definition) is 0. The summed E-state index contributed by atoms with van der Waals surface area (Å²) in [5, 5.41) is 0. The van der Waals surface area contributed by atoms with E-state index in [0.717, 1.165) is 0 Å². The van der Waals surface area contributed by atoms with Gasteiger partial charge >= 0.3 is 0 Å². The topological polar surface area (TPSA) is 80.8 Å². The van der Waals surface area contributed by atoms with Gasteiger partial charge in [0.05, 0.1) is 23.5 Å². The first-order valence-corrected chi connectivity index (χ1v) is 10.8. The Kier molecular flexibility index (Phi) is 5.37. The van der Waals surface area contributed by atoms with Gasteiger partial charge in [-0.3, -0.25) is 0 Å². The van der Waals surface area contributed by atoms with Crippen LogP contribution in [0.4, 0.5) is 0 Å². The van der Waals surface area contributed by atoms with E-state index in [1.807, 2.05) is 13.8 Å². The second-order valence-corrected chi connectivity index (χ2v) is 10.3. The van der Waals surface area contributed by atoms with Gasteiger partial charge in [-0.25, -0.2) is 16.8 Å². The number of hydrogen-bond acceptors (Lipinski definition) is 5. The molecule has 0 spiro atoms. The molecule has 1 unspecified atom stereocenters. The van der Waals surface area contributed by atoms with Gasteiger partial charge in [-0.15, -0.1) is 0 Å². The highest BCUT2D eigenvalue weighted by Gasteiger charge is 2.38. The zero-order valence-electron chi connectivity index (χ0n) is 13.6. The first-order chi connectivity index (χ1) is 10.7. The molecule has 1 atom stereocenters. The molecule has 2 rings (SSSR count). The molecule has 1 aliphatic rings. The van der Waals surface area contributed by atoms with Gasteiger partial charge in [0.1, 0.15) is 5.75 Å². The molecule has 8 heteroatoms. The Bertz CT molecular complexity index is 739. The highest BCUT2D eigenvalue weighted by atomic mass is 32.2. The minimum Gasteiger partial charge on any atom is -0.497 e. The van der Waals surface area contributed by atoms with Crippen LogP contribution in [0.15, 0.2) is 29.2 Å². The summed E-state index contributed by atoms with van der Waals surface area (Å²) in [5.74, 6) is 0.619. The van der Waals surface area contributed by atoms with Crippen molar-refractivity contribution in [2.45, 2.75) is 31.2 Å². The first-order valence-electron chi connectivity index (χ1n) is 7.52. The Labute approximate surface area is 138 Å². The maximum atomic E-state index is 13.0. The molecule has 0 amide bonds. The third-order valence-electron chi connectivity index (χ3n) is 3.83. The Morgan fingerprint density at radius 2 is 1.87 bits per heavy atom. The lowest BCUT2D eigenvalue weighted by Gasteiger charge is -2.29. The maximum Gasteiger partial charge on any atom is 0.243 e. The van der Waals surface area contributed by atoms with E-state index < -0.39 is 25.9 Å². The van der Waals surface area contributed by atoms with Crippen LogP contribution < -0.4 is 4.74 Å². The minimum atomic E-state index is -3.74. The standard InChI is InChI=1S/C15H23NO5S2/c1-12(2)10-16(13-8-9-22(17,18)11-13)23(19,20)15-6-4-14(21-3)5-7-15/h4-7,12-13H,8-11H2,1-3H3. The van der Waals surface area contributed by atoms with E-state index in [9.17, 15) is 16.8 Å². The Hall–Kier alpha value is -1.12. The van der Waals surface area contributed by atoms with Crippen molar-refractivity contribution in [1.29, 1.82) is 0 Å². The lowest BCUT2D eigenvalue weighted by atomic mass is 10.2. The molecule has 0 N–H and O–H groups in total. The van der Waals surface area contributed by atoms with Gasteiger partial charge < -0.3 is 4.74 Å². The van der Waals surface area contributed by atoms with Gasteiger partial charge in [-0.05, 0) is 36.6 Å². The van der Waals surface area contributed by atoms with Gasteiger partial charge in [0, 0.05) is 12.6 Å². The van der Waals surface area contributed by atoms with Crippen LogP contribution in [0.5, 0.6) is 5.75 Å². The van der Waals surface area contributed by atoms with Crippen LogP contribution in [0.25, 0.3) is 0 Å². The summed E-state index contributed by atoms with van der Waals surface area (Å²) in [6, 6.07) is 5.67. The lowest BCUT2D eigenvalue weighted by molar-refractivity contribution is 0.307. The Morgan fingerprint density at radius 3 is 2.30 bits per heavy atom. The van der Waals surface area contributed by atoms with E-state index >= 15 is 0 Å². The summed E-state index contributed by atoms with van der Waals surface area (Å²) in [6.07, 6.45) is 0.352. The molecule has 1 aliphatic heterocycles. The van der Waals surface area contributed by atoms with E-state index in [1.165, 1.54) is 23.5 Å². The van der Waals surface area contributed by atoms with Gasteiger partial charge in [-0.2, -0.15) is 4.31 Å². The van der Waals surface area contributed by atoms with E-state index in [0.29, 0.717) is 18.7 Å². The molecule has 1 heterocycles. The van der Waals surface area contributed by atoms with Crippen molar-refractivity contribution in [3.05, 3.63) is 24.3 Å². The average Bonchev–Trinajstić information content (AvgIpc) is 2.84. The van der Waals surface area contributed by atoms with E-state index in [2.05, 4.69) is 0 Å². The molecule has 1 fully saturated rings. The van der Waals surface area contributed by atoms with Gasteiger partial charge in [0.25, 0.3) is 0 Å². The molecule has 0 radical (unpaired) electrons. The van der Waals surface area contributed by atoms with Gasteiger partial charge in [-0.1, -0.05) is 13.8 Å². The molecule has 0 bridgehead atoms. The molecule has 1 aromatic carbocycles. The van der Waals surface area contributed by atoms with Crippen molar-refractivity contribution in [3.8, 4) is 5.75 Å². The molecule has 1 aromatic rings. The predicted molar refractivity (Wildman–Crippen MR) is 88.8 cm³/mol. The molecular formula is C15H23NO5S2. The van der Waals surface area contributed by atoms with Crippen molar-refractivity contribution in [3.63, 3.8) is 0 Å². The van der Waals surface area contributed by atoms with E-state index in [1.54, 1.807) is 12.1 Å². The van der Waals surface area contributed by atoms with Crippen LogP contribution in [-0.2, 0) is 19.9 Å². The molecule has 6 nitrogen and oxygen atoms in total. The predicted octanol–water partition coefficient (Wildman–Crippen LogP) is 1.53. The quantitative estimate of drug-likeness (QED) is 0.767. The molecule has 1 saturated heterocycles. The molecular weight excluding hydrogens is 338 g/mol. The molecule has 0 saturated carbocycles. The van der Waals surface area contributed by atoms with Crippen LogP contribution >= 0.6 is 0 Å². The van der Waals surface area contributed by atoms with Crippen LogP contribution in [0, 0.1) is 5.92 Å². The SMILES string of the molecule is COc1ccc(S(=O)(=O)N(CC(C)C)C2CCS(=O)(=O)C2)cc1. The maximum absolute atomic E-state index is 13.0. The second-order valence-electron chi connectivity index (χ2n) is 6.20. The summed E-state index contributed by atoms with van der Waals surface area (Å²) < 4.78 is 55.8. The minimum absolute atomic E-state index is 0.0460. The molecule has 0 aromatic heterocycles. The van der Waals surface area contributed by atoms with Crippen LogP contribution in [-0.4, -0.2) is 52.3 Å². The Balaban J connectivity index is 2.36. The zero-order chi connectivity index (χ0) is 17.3. The smallest absolute Gasteiger partial charge is 0.243 e. The highest BCUT2D eigenvalue weighted by Crippen LogP contribution is 2.27. The summed E-state index contributed by atoms with van der Waals surface area (Å²) in [7, 11) is -5.39. The van der Waals surface area contributed by atoms with Crippen molar-refractivity contribution in [1.82, 2.24) is 4.31 Å². The normalized spacial score (nSPS) is 21.0. The fraction of sp³-hybridized carbons (Fsp3) is 0.600. The number of sulfone groups is 1. The van der Waals surface area contributed by atoms with Crippen molar-refractivity contribution in [2.24, 2.45) is 5.92 Å². The first kappa shape index (κ1) is 18.2. The number of sulfonamides is 1.